The van der Waals surface area contributed by atoms with E-state index in [9.17, 15) is 4.79 Å². The third kappa shape index (κ3) is 2.71. The Labute approximate surface area is 124 Å². The second-order valence-corrected chi connectivity index (χ2v) is 7.50. The molecule has 1 aromatic heterocycles. The summed E-state index contributed by atoms with van der Waals surface area (Å²) in [6, 6.07) is 1.92. The third-order valence-corrected chi connectivity index (χ3v) is 6.04. The van der Waals surface area contributed by atoms with Gasteiger partial charge in [-0.1, -0.05) is 6.42 Å². The van der Waals surface area contributed by atoms with Gasteiger partial charge in [0.15, 0.2) is 5.78 Å². The summed E-state index contributed by atoms with van der Waals surface area (Å²) in [5.41, 5.74) is 1.68. The van der Waals surface area contributed by atoms with Crippen molar-refractivity contribution in [3.63, 3.8) is 0 Å². The van der Waals surface area contributed by atoms with Crippen LogP contribution >= 0.6 is 11.8 Å². The molecule has 0 amide bonds. The van der Waals surface area contributed by atoms with Gasteiger partial charge >= 0.3 is 0 Å². The van der Waals surface area contributed by atoms with Crippen molar-refractivity contribution in [3.8, 4) is 5.88 Å². The summed E-state index contributed by atoms with van der Waals surface area (Å²) in [6.45, 7) is 1.94. The molecule has 0 N–H and O–H groups in total. The van der Waals surface area contributed by atoms with Crippen molar-refractivity contribution in [2.75, 3.05) is 7.11 Å². The maximum absolute atomic E-state index is 12.7. The third-order valence-electron chi connectivity index (χ3n) is 4.41. The molecule has 2 bridgehead atoms. The topological polar surface area (TPSA) is 39.2 Å². The standard InChI is InChI=1S/C16H21NO2S/c1-10-6-12(9-17-16(10)19-2)15(18)11-7-13-4-3-5-14(8-11)20-13/h6,9,11,13-14H,3-5,7-8H2,1-2H3. The Morgan fingerprint density at radius 2 is 2.05 bits per heavy atom. The number of aryl methyl sites for hydroxylation is 1. The smallest absolute Gasteiger partial charge is 0.215 e. The lowest BCUT2D eigenvalue weighted by Gasteiger charge is -2.37. The molecule has 1 aromatic rings. The van der Waals surface area contributed by atoms with E-state index in [-0.39, 0.29) is 11.7 Å². The van der Waals surface area contributed by atoms with Crippen LogP contribution in [0, 0.1) is 12.8 Å². The highest BCUT2D eigenvalue weighted by molar-refractivity contribution is 8.00. The zero-order valence-electron chi connectivity index (χ0n) is 12.1. The minimum atomic E-state index is 0.196. The Morgan fingerprint density at radius 3 is 2.65 bits per heavy atom. The number of Topliss-reactive ketones (excluding diaryl/α,β-unsaturated/α-hetero) is 1. The van der Waals surface area contributed by atoms with Crippen molar-refractivity contribution >= 4 is 17.5 Å². The van der Waals surface area contributed by atoms with E-state index >= 15 is 0 Å². The quantitative estimate of drug-likeness (QED) is 0.797. The van der Waals surface area contributed by atoms with Crippen molar-refractivity contribution in [1.29, 1.82) is 0 Å². The number of ether oxygens (including phenoxy) is 1. The number of hydrogen-bond donors (Lipinski definition) is 0. The average molecular weight is 291 g/mol. The van der Waals surface area contributed by atoms with Gasteiger partial charge in [0, 0.05) is 33.7 Å². The first kappa shape index (κ1) is 13.9. The molecule has 20 heavy (non-hydrogen) atoms. The second kappa shape index (κ2) is 5.76. The number of ketones is 1. The number of pyridine rings is 1. The molecule has 0 aromatic carbocycles. The van der Waals surface area contributed by atoms with Gasteiger partial charge in [0.05, 0.1) is 7.11 Å². The predicted octanol–water partition coefficient (Wildman–Crippen LogP) is 3.65. The van der Waals surface area contributed by atoms with Crippen molar-refractivity contribution < 1.29 is 9.53 Å². The first-order valence-corrected chi connectivity index (χ1v) is 8.32. The van der Waals surface area contributed by atoms with Crippen LogP contribution in [0.5, 0.6) is 5.88 Å². The molecule has 3 nitrogen and oxygen atoms in total. The van der Waals surface area contributed by atoms with Crippen LogP contribution in [-0.2, 0) is 0 Å². The van der Waals surface area contributed by atoms with Crippen LogP contribution in [-0.4, -0.2) is 28.4 Å². The molecule has 2 aliphatic rings. The van der Waals surface area contributed by atoms with E-state index in [4.69, 9.17) is 4.74 Å². The number of carbonyl (C=O) groups excluding carboxylic acids is 1. The van der Waals surface area contributed by atoms with Gasteiger partial charge in [0.2, 0.25) is 5.88 Å². The first-order valence-electron chi connectivity index (χ1n) is 7.37. The maximum atomic E-state index is 12.7. The largest absolute Gasteiger partial charge is 0.481 e. The lowest BCUT2D eigenvalue weighted by molar-refractivity contribution is 0.0896. The van der Waals surface area contributed by atoms with Gasteiger partial charge in [-0.05, 0) is 38.7 Å². The average Bonchev–Trinajstić information content (AvgIpc) is 2.46. The van der Waals surface area contributed by atoms with E-state index in [1.165, 1.54) is 19.3 Å². The molecule has 2 saturated heterocycles. The molecule has 3 heterocycles. The number of nitrogens with zero attached hydrogens (tertiary/aromatic N) is 1. The highest BCUT2D eigenvalue weighted by Gasteiger charge is 2.36. The van der Waals surface area contributed by atoms with E-state index < -0.39 is 0 Å². The van der Waals surface area contributed by atoms with Gasteiger partial charge in [-0.3, -0.25) is 4.79 Å². The van der Waals surface area contributed by atoms with Crippen molar-refractivity contribution in [2.24, 2.45) is 5.92 Å². The van der Waals surface area contributed by atoms with Gasteiger partial charge < -0.3 is 4.74 Å². The molecule has 108 valence electrons. The van der Waals surface area contributed by atoms with E-state index in [1.807, 2.05) is 13.0 Å². The summed E-state index contributed by atoms with van der Waals surface area (Å²) in [5.74, 6) is 1.08. The molecule has 0 aliphatic carbocycles. The van der Waals surface area contributed by atoms with E-state index in [2.05, 4.69) is 16.7 Å². The highest BCUT2D eigenvalue weighted by atomic mass is 32.2. The summed E-state index contributed by atoms with van der Waals surface area (Å²) in [7, 11) is 1.61. The Kier molecular flexibility index (Phi) is 4.01. The molecular weight excluding hydrogens is 270 g/mol. The van der Waals surface area contributed by atoms with Crippen molar-refractivity contribution in [2.45, 2.75) is 49.5 Å². The maximum Gasteiger partial charge on any atom is 0.215 e. The normalized spacial score (nSPS) is 29.0. The molecule has 3 rings (SSSR count). The fraction of sp³-hybridized carbons (Fsp3) is 0.625. The minimum absolute atomic E-state index is 0.196. The van der Waals surface area contributed by atoms with Gasteiger partial charge in [0.1, 0.15) is 0 Å². The highest BCUT2D eigenvalue weighted by Crippen LogP contribution is 2.44. The van der Waals surface area contributed by atoms with Crippen molar-refractivity contribution in [1.82, 2.24) is 4.98 Å². The number of methoxy groups -OCH3 is 1. The van der Waals surface area contributed by atoms with Gasteiger partial charge in [-0.2, -0.15) is 11.8 Å². The summed E-state index contributed by atoms with van der Waals surface area (Å²) < 4.78 is 5.16. The first-order chi connectivity index (χ1) is 9.67. The molecular formula is C16H21NO2S. The van der Waals surface area contributed by atoms with Crippen LogP contribution < -0.4 is 4.74 Å². The fourth-order valence-electron chi connectivity index (χ4n) is 3.42. The molecule has 2 atom stereocenters. The Morgan fingerprint density at radius 1 is 1.35 bits per heavy atom. The van der Waals surface area contributed by atoms with E-state index in [1.54, 1.807) is 13.3 Å². The minimum Gasteiger partial charge on any atom is -0.481 e. The Hall–Kier alpha value is -1.03. The molecule has 0 spiro atoms. The lowest BCUT2D eigenvalue weighted by Crippen LogP contribution is -2.33. The number of fused-ring (bicyclic) bond motifs is 2. The monoisotopic (exact) mass is 291 g/mol. The number of carbonyl (C=O) groups is 1. The molecule has 0 saturated carbocycles. The zero-order chi connectivity index (χ0) is 14.1. The van der Waals surface area contributed by atoms with Crippen LogP contribution in [0.4, 0.5) is 0 Å². The van der Waals surface area contributed by atoms with E-state index in [0.717, 1.165) is 24.0 Å². The van der Waals surface area contributed by atoms with Gasteiger partial charge in [-0.25, -0.2) is 4.98 Å². The van der Waals surface area contributed by atoms with Crippen LogP contribution in [0.15, 0.2) is 12.3 Å². The number of hydrogen-bond acceptors (Lipinski definition) is 4. The summed E-state index contributed by atoms with van der Waals surface area (Å²) in [6.07, 6.45) is 7.67. The molecule has 4 heteroatoms. The van der Waals surface area contributed by atoms with Crippen LogP contribution in [0.3, 0.4) is 0 Å². The summed E-state index contributed by atoms with van der Waals surface area (Å²) in [4.78, 5) is 16.9. The molecule has 2 unspecified atom stereocenters. The van der Waals surface area contributed by atoms with Gasteiger partial charge in [-0.15, -0.1) is 0 Å². The number of thioether (sulfide) groups is 1. The number of rotatable bonds is 3. The SMILES string of the molecule is COc1ncc(C(=O)C2CC3CCCC(C2)S3)cc1C. The van der Waals surface area contributed by atoms with Crippen LogP contribution in [0.1, 0.15) is 48.0 Å². The zero-order valence-corrected chi connectivity index (χ0v) is 12.9. The predicted molar refractivity (Wildman–Crippen MR) is 81.6 cm³/mol. The number of aromatic nitrogens is 1. The Balaban J connectivity index is 1.77. The van der Waals surface area contributed by atoms with Crippen LogP contribution in [0.25, 0.3) is 0 Å². The van der Waals surface area contributed by atoms with Crippen LogP contribution in [0.2, 0.25) is 0 Å². The fourth-order valence-corrected chi connectivity index (χ4v) is 5.26. The van der Waals surface area contributed by atoms with Crippen molar-refractivity contribution in [3.05, 3.63) is 23.4 Å². The Bertz CT molecular complexity index is 505. The van der Waals surface area contributed by atoms with Gasteiger partial charge in [0.25, 0.3) is 0 Å². The van der Waals surface area contributed by atoms with E-state index in [0.29, 0.717) is 16.4 Å². The second-order valence-electron chi connectivity index (χ2n) is 5.89. The molecule has 2 fully saturated rings. The lowest BCUT2D eigenvalue weighted by atomic mass is 9.84. The summed E-state index contributed by atoms with van der Waals surface area (Å²) in [5, 5.41) is 1.40. The molecule has 2 aliphatic heterocycles. The summed E-state index contributed by atoms with van der Waals surface area (Å²) >= 11 is 2.11. The molecule has 0 radical (unpaired) electrons.